The van der Waals surface area contributed by atoms with Crippen molar-refractivity contribution in [3.8, 4) is 11.8 Å². The topological polar surface area (TPSA) is 60.9 Å². The van der Waals surface area contributed by atoms with Gasteiger partial charge in [0.1, 0.15) is 6.61 Å². The Morgan fingerprint density at radius 3 is 2.35 bits per heavy atom. The van der Waals surface area contributed by atoms with E-state index in [1.165, 1.54) is 18.4 Å². The van der Waals surface area contributed by atoms with Gasteiger partial charge in [-0.15, -0.1) is 0 Å². The maximum absolute atomic E-state index is 12.3. The molecule has 2 saturated heterocycles. The summed E-state index contributed by atoms with van der Waals surface area (Å²) < 4.78 is 24.6. The van der Waals surface area contributed by atoms with Gasteiger partial charge in [-0.3, -0.25) is 9.80 Å². The van der Waals surface area contributed by atoms with Gasteiger partial charge in [0, 0.05) is 43.8 Å². The van der Waals surface area contributed by atoms with Crippen molar-refractivity contribution in [3.63, 3.8) is 0 Å². The lowest BCUT2D eigenvalue weighted by Gasteiger charge is -2.44. The van der Waals surface area contributed by atoms with Crippen molar-refractivity contribution >= 4 is 9.84 Å². The second-order valence-electron chi connectivity index (χ2n) is 7.78. The first-order valence-corrected chi connectivity index (χ1v) is 11.2. The van der Waals surface area contributed by atoms with Gasteiger partial charge >= 0.3 is 0 Å². The van der Waals surface area contributed by atoms with Crippen molar-refractivity contribution < 1.29 is 13.5 Å². The fraction of sp³-hybridized carbons (Fsp3) is 0.600. The van der Waals surface area contributed by atoms with Crippen LogP contribution in [-0.2, 0) is 16.4 Å². The Morgan fingerprint density at radius 1 is 1.04 bits per heavy atom. The molecule has 1 N–H and O–H groups in total. The Labute approximate surface area is 155 Å². The monoisotopic (exact) mass is 374 g/mol. The first-order valence-electron chi connectivity index (χ1n) is 9.41. The lowest BCUT2D eigenvalue weighted by atomic mass is 10.0. The van der Waals surface area contributed by atoms with E-state index < -0.39 is 9.84 Å². The average molecular weight is 375 g/mol. The van der Waals surface area contributed by atoms with Gasteiger partial charge in [-0.25, -0.2) is 8.42 Å². The van der Waals surface area contributed by atoms with Crippen LogP contribution in [0.4, 0.5) is 0 Å². The van der Waals surface area contributed by atoms with Crippen LogP contribution in [0.5, 0.6) is 0 Å². The quantitative estimate of drug-likeness (QED) is 0.787. The predicted molar refractivity (Wildman–Crippen MR) is 101 cm³/mol. The highest BCUT2D eigenvalue weighted by molar-refractivity contribution is 7.91. The molecule has 140 valence electrons. The van der Waals surface area contributed by atoms with Crippen LogP contribution in [-0.4, -0.2) is 73.2 Å². The third-order valence-electron chi connectivity index (χ3n) is 5.75. The minimum absolute atomic E-state index is 0.112. The number of hydrogen-bond acceptors (Lipinski definition) is 5. The van der Waals surface area contributed by atoms with E-state index in [0.29, 0.717) is 11.5 Å². The lowest BCUT2D eigenvalue weighted by molar-refractivity contribution is 0.0376. The minimum atomic E-state index is -2.94. The highest BCUT2D eigenvalue weighted by Crippen LogP contribution is 2.34. The molecule has 0 radical (unpaired) electrons. The number of rotatable bonds is 4. The fourth-order valence-electron chi connectivity index (χ4n) is 4.22. The molecule has 0 aromatic heterocycles. The van der Waals surface area contributed by atoms with Gasteiger partial charge in [0.05, 0.1) is 11.5 Å². The molecule has 2 heterocycles. The zero-order valence-corrected chi connectivity index (χ0v) is 15.8. The van der Waals surface area contributed by atoms with Gasteiger partial charge < -0.3 is 5.11 Å². The van der Waals surface area contributed by atoms with Gasteiger partial charge in [-0.05, 0) is 36.5 Å². The van der Waals surface area contributed by atoms with Crippen molar-refractivity contribution in [1.29, 1.82) is 0 Å². The average Bonchev–Trinajstić information content (AvgIpc) is 3.37. The Hall–Kier alpha value is -1.39. The first-order chi connectivity index (χ1) is 12.5. The molecule has 0 amide bonds. The lowest BCUT2D eigenvalue weighted by Crippen LogP contribution is -2.59. The molecule has 6 heteroatoms. The summed E-state index contributed by atoms with van der Waals surface area (Å²) in [6.45, 7) is 3.61. The molecule has 0 spiro atoms. The van der Waals surface area contributed by atoms with Crippen molar-refractivity contribution in [2.45, 2.75) is 31.5 Å². The normalized spacial score (nSPS) is 28.3. The summed E-state index contributed by atoms with van der Waals surface area (Å²) in [5.41, 5.74) is 2.07. The number of nitrogens with zero attached hydrogens (tertiary/aromatic N) is 2. The maximum atomic E-state index is 12.3. The van der Waals surface area contributed by atoms with Crippen LogP contribution in [0.25, 0.3) is 0 Å². The minimum Gasteiger partial charge on any atom is -0.384 e. The molecule has 5 nitrogen and oxygen atoms in total. The Bertz CT molecular complexity index is 806. The van der Waals surface area contributed by atoms with E-state index in [-0.39, 0.29) is 18.7 Å². The second-order valence-corrected chi connectivity index (χ2v) is 9.93. The number of piperazine rings is 1. The van der Waals surface area contributed by atoms with Gasteiger partial charge in [0.15, 0.2) is 9.84 Å². The summed E-state index contributed by atoms with van der Waals surface area (Å²) in [6.07, 6.45) is 2.60. The fourth-order valence-corrected chi connectivity index (χ4v) is 6.26. The van der Waals surface area contributed by atoms with E-state index >= 15 is 0 Å². The van der Waals surface area contributed by atoms with Gasteiger partial charge in [-0.1, -0.05) is 24.0 Å². The molecule has 1 saturated carbocycles. The summed E-state index contributed by atoms with van der Waals surface area (Å²) in [5, 5.41) is 8.77. The van der Waals surface area contributed by atoms with E-state index in [2.05, 4.69) is 33.8 Å². The summed E-state index contributed by atoms with van der Waals surface area (Å²) in [5.74, 6) is 6.95. The van der Waals surface area contributed by atoms with E-state index in [0.717, 1.165) is 37.7 Å². The Kier molecular flexibility index (Phi) is 5.07. The van der Waals surface area contributed by atoms with Crippen molar-refractivity contribution in [2.24, 2.45) is 5.92 Å². The van der Waals surface area contributed by atoms with Gasteiger partial charge in [0.2, 0.25) is 0 Å². The molecule has 1 aromatic rings. The predicted octanol–water partition coefficient (Wildman–Crippen LogP) is 0.724. The highest BCUT2D eigenvalue weighted by atomic mass is 32.2. The number of hydrogen-bond donors (Lipinski definition) is 1. The van der Waals surface area contributed by atoms with Crippen molar-refractivity contribution in [1.82, 2.24) is 9.80 Å². The largest absolute Gasteiger partial charge is 0.384 e. The summed E-state index contributed by atoms with van der Waals surface area (Å²) in [7, 11) is -2.94. The van der Waals surface area contributed by atoms with Crippen LogP contribution in [0.2, 0.25) is 0 Å². The number of sulfone groups is 1. The van der Waals surface area contributed by atoms with Crippen molar-refractivity contribution in [2.75, 3.05) is 37.7 Å². The Balaban J connectivity index is 1.46. The second kappa shape index (κ2) is 7.32. The number of aliphatic hydroxyl groups is 1. The molecular weight excluding hydrogens is 348 g/mol. The molecule has 4 rings (SSSR count). The number of aliphatic hydroxyl groups excluding tert-OH is 1. The van der Waals surface area contributed by atoms with Crippen LogP contribution in [0.3, 0.4) is 0 Å². The number of fused-ring (bicyclic) bond motifs is 1. The molecule has 26 heavy (non-hydrogen) atoms. The highest BCUT2D eigenvalue weighted by Gasteiger charge is 2.47. The summed E-state index contributed by atoms with van der Waals surface area (Å²) in [4.78, 5) is 4.80. The third-order valence-corrected chi connectivity index (χ3v) is 7.45. The van der Waals surface area contributed by atoms with E-state index in [9.17, 15) is 8.42 Å². The Morgan fingerprint density at radius 2 is 1.69 bits per heavy atom. The van der Waals surface area contributed by atoms with E-state index in [4.69, 9.17) is 5.11 Å². The zero-order valence-electron chi connectivity index (χ0n) is 15.0. The third kappa shape index (κ3) is 4.12. The zero-order chi connectivity index (χ0) is 18.1. The molecule has 1 aromatic carbocycles. The van der Waals surface area contributed by atoms with E-state index in [1.54, 1.807) is 0 Å². The number of benzene rings is 1. The molecule has 3 fully saturated rings. The first kappa shape index (κ1) is 18.0. The standard InChI is InChI=1S/C20H26N2O3S/c23-11-1-2-16-3-5-17(6-4-16)12-21-9-10-22(13-18-7-8-18)20-15-26(24,25)14-19(20)21/h3-6,18-20,23H,7-15H2/t19-,20+/m0/s1. The van der Waals surface area contributed by atoms with Crippen LogP contribution >= 0.6 is 0 Å². The molecule has 1 aliphatic carbocycles. The molecule has 0 unspecified atom stereocenters. The molecular formula is C20H26N2O3S. The molecule has 3 aliphatic rings. The van der Waals surface area contributed by atoms with Crippen LogP contribution in [0.15, 0.2) is 24.3 Å². The maximum Gasteiger partial charge on any atom is 0.153 e. The van der Waals surface area contributed by atoms with Crippen LogP contribution in [0.1, 0.15) is 24.0 Å². The summed E-state index contributed by atoms with van der Waals surface area (Å²) >= 11 is 0. The van der Waals surface area contributed by atoms with E-state index in [1.807, 2.05) is 12.1 Å². The van der Waals surface area contributed by atoms with Crippen LogP contribution < -0.4 is 0 Å². The van der Waals surface area contributed by atoms with Crippen molar-refractivity contribution in [3.05, 3.63) is 35.4 Å². The van der Waals surface area contributed by atoms with Crippen LogP contribution in [0, 0.1) is 17.8 Å². The molecule has 0 bridgehead atoms. The smallest absolute Gasteiger partial charge is 0.153 e. The van der Waals surface area contributed by atoms with Gasteiger partial charge in [-0.2, -0.15) is 0 Å². The molecule has 2 atom stereocenters. The summed E-state index contributed by atoms with van der Waals surface area (Å²) in [6, 6.07) is 8.30. The van der Waals surface area contributed by atoms with Gasteiger partial charge in [0.25, 0.3) is 0 Å². The molecule has 2 aliphatic heterocycles. The SMILES string of the molecule is O=S1(=O)C[C@@H]2[C@H](C1)N(Cc1ccc(C#CCO)cc1)CCN2CC1CC1.